The van der Waals surface area contributed by atoms with Gasteiger partial charge in [0.05, 0.1) is 33.9 Å². The molecule has 3 saturated heterocycles. The number of benzene rings is 4. The fourth-order valence-electron chi connectivity index (χ4n) is 7.83. The normalized spacial score (nSPS) is 14.9. The summed E-state index contributed by atoms with van der Waals surface area (Å²) >= 11 is 4.63. The molecule has 3 amide bonds. The molecule has 0 saturated carbocycles. The second-order valence-corrected chi connectivity index (χ2v) is 26.2. The van der Waals surface area contributed by atoms with Gasteiger partial charge in [0.25, 0.3) is 0 Å². The topological polar surface area (TPSA) is 191 Å². The van der Waals surface area contributed by atoms with Gasteiger partial charge in [0, 0.05) is 115 Å². The van der Waals surface area contributed by atoms with E-state index in [4.69, 9.17) is 28.8 Å². The highest BCUT2D eigenvalue weighted by Gasteiger charge is 2.30. The Morgan fingerprint density at radius 1 is 0.512 bits per heavy atom. The number of thioether (sulfide) groups is 1. The number of rotatable bonds is 11. The average Bonchev–Trinajstić information content (AvgIpc) is 3.49. The predicted molar refractivity (Wildman–Crippen MR) is 316 cm³/mol. The standard InChI is InChI=1S/C18H27FN2O5S.C18H27FN2O3S.C15H21FN2O3.C6H4BrFO/c1-18(2,3)26-17(22)21-9-7-20(8-10-21)16-6-5-14(13-15(16)19)25-11-12-27(4,23)24;1-18(2,3)24-17(22)21-9-7-20(8-10-21)16-6-5-14(13-15(16)19)23-11-12-25-4;1-15(2,3)21-14(20)18-8-6-17(7-9-18)13-5-4-11(19)10-12(13)16;7-5-2-1-4(9)3-6(5)8/h5-6,13H,7-12H2,1-4H3;5-6,13H,7-12H2,1-4H3;4-5,10,19H,6-9H2,1-3H3;1-3,9H. The second-order valence-electron chi connectivity index (χ2n) is 22.1. The number of anilines is 3. The summed E-state index contributed by atoms with van der Waals surface area (Å²) in [5.41, 5.74) is -0.163. The molecule has 0 spiro atoms. The molecule has 7 rings (SSSR count). The van der Waals surface area contributed by atoms with Crippen LogP contribution in [-0.4, -0.2) is 184 Å². The van der Waals surface area contributed by atoms with Crippen LogP contribution >= 0.6 is 27.7 Å². The van der Waals surface area contributed by atoms with Crippen LogP contribution < -0.4 is 24.2 Å². The molecule has 0 bridgehead atoms. The molecular formula is C57H79BrF4N6O12S2. The van der Waals surface area contributed by atoms with Gasteiger partial charge in [-0.2, -0.15) is 11.8 Å². The van der Waals surface area contributed by atoms with Crippen LogP contribution in [0.5, 0.6) is 23.0 Å². The van der Waals surface area contributed by atoms with Gasteiger partial charge in [0.1, 0.15) is 69.7 Å². The van der Waals surface area contributed by atoms with E-state index in [1.807, 2.05) is 83.3 Å². The number of phenols is 2. The molecule has 4 aromatic carbocycles. The van der Waals surface area contributed by atoms with Crippen molar-refractivity contribution >= 4 is 72.9 Å². The molecule has 3 aliphatic heterocycles. The van der Waals surface area contributed by atoms with Crippen molar-refractivity contribution in [1.29, 1.82) is 0 Å². The van der Waals surface area contributed by atoms with E-state index in [1.54, 1.807) is 56.8 Å². The number of nitrogens with zero attached hydrogens (tertiary/aromatic N) is 6. The number of carbonyl (C=O) groups is 3. The Kier molecular flexibility index (Phi) is 25.7. The number of sulfone groups is 1. The summed E-state index contributed by atoms with van der Waals surface area (Å²) in [7, 11) is -3.12. The molecule has 0 atom stereocenters. The zero-order chi connectivity index (χ0) is 61.2. The Bertz CT molecular complexity index is 2830. The zero-order valence-corrected chi connectivity index (χ0v) is 51.8. The third-order valence-corrected chi connectivity index (χ3v) is 13.9. The lowest BCUT2D eigenvalue weighted by Crippen LogP contribution is -2.50. The maximum absolute atomic E-state index is 14.4. The number of carbonyl (C=O) groups excluding carboxylic acids is 3. The summed E-state index contributed by atoms with van der Waals surface area (Å²) in [5.74, 6) is -0.228. The third kappa shape index (κ3) is 24.3. The van der Waals surface area contributed by atoms with E-state index in [1.165, 1.54) is 30.3 Å². The average molecular weight is 1260 g/mol. The minimum absolute atomic E-state index is 0.0216. The van der Waals surface area contributed by atoms with Gasteiger partial charge in [-0.3, -0.25) is 0 Å². The molecule has 3 heterocycles. The van der Waals surface area contributed by atoms with Gasteiger partial charge in [-0.1, -0.05) is 0 Å². The number of aromatic hydroxyl groups is 2. The van der Waals surface area contributed by atoms with Crippen molar-refractivity contribution in [2.45, 2.75) is 79.1 Å². The molecule has 0 aliphatic carbocycles. The molecule has 4 aromatic rings. The van der Waals surface area contributed by atoms with Crippen LogP contribution in [0, 0.1) is 23.3 Å². The van der Waals surface area contributed by atoms with Crippen molar-refractivity contribution in [3.05, 3.63) is 101 Å². The summed E-state index contributed by atoms with van der Waals surface area (Å²) in [6.07, 6.45) is 2.11. The number of halogens is 5. The summed E-state index contributed by atoms with van der Waals surface area (Å²) < 4.78 is 104. The molecule has 456 valence electrons. The van der Waals surface area contributed by atoms with E-state index in [-0.39, 0.29) is 53.7 Å². The van der Waals surface area contributed by atoms with Crippen LogP contribution in [0.3, 0.4) is 0 Å². The van der Waals surface area contributed by atoms with Crippen molar-refractivity contribution in [1.82, 2.24) is 14.7 Å². The van der Waals surface area contributed by atoms with Gasteiger partial charge in [-0.25, -0.2) is 40.4 Å². The Morgan fingerprint density at radius 2 is 0.829 bits per heavy atom. The molecule has 25 heteroatoms. The summed E-state index contributed by atoms with van der Waals surface area (Å²) in [5, 5.41) is 17.9. The van der Waals surface area contributed by atoms with E-state index in [0.717, 1.165) is 24.1 Å². The molecule has 18 nitrogen and oxygen atoms in total. The lowest BCUT2D eigenvalue weighted by Gasteiger charge is -2.36. The first-order valence-corrected chi connectivity index (χ1v) is 30.8. The molecule has 3 aliphatic rings. The highest BCUT2D eigenvalue weighted by molar-refractivity contribution is 9.10. The van der Waals surface area contributed by atoms with Crippen molar-refractivity contribution in [3.63, 3.8) is 0 Å². The molecule has 0 radical (unpaired) electrons. The summed E-state index contributed by atoms with van der Waals surface area (Å²) in [6.45, 7) is 23.1. The molecule has 0 unspecified atom stereocenters. The second kappa shape index (κ2) is 30.9. The molecule has 3 fully saturated rings. The fraction of sp³-hybridized carbons (Fsp3) is 0.526. The van der Waals surface area contributed by atoms with E-state index >= 15 is 0 Å². The number of hydrogen-bond acceptors (Lipinski definition) is 16. The van der Waals surface area contributed by atoms with Gasteiger partial charge in [0.2, 0.25) is 0 Å². The van der Waals surface area contributed by atoms with Crippen LogP contribution in [0.2, 0.25) is 0 Å². The Balaban J connectivity index is 0.000000246. The quantitative estimate of drug-likeness (QED) is 0.0818. The molecular weight excluding hydrogens is 1180 g/mol. The fourth-order valence-corrected chi connectivity index (χ4v) is 8.71. The van der Waals surface area contributed by atoms with Crippen LogP contribution in [0.25, 0.3) is 0 Å². The maximum atomic E-state index is 14.4. The van der Waals surface area contributed by atoms with Crippen molar-refractivity contribution in [3.8, 4) is 23.0 Å². The van der Waals surface area contributed by atoms with Gasteiger partial charge < -0.3 is 63.3 Å². The van der Waals surface area contributed by atoms with Crippen LogP contribution in [0.15, 0.2) is 77.3 Å². The maximum Gasteiger partial charge on any atom is 0.410 e. The molecule has 82 heavy (non-hydrogen) atoms. The highest BCUT2D eigenvalue weighted by Crippen LogP contribution is 2.29. The van der Waals surface area contributed by atoms with Gasteiger partial charge in [-0.05, 0) is 133 Å². The minimum Gasteiger partial charge on any atom is -0.508 e. The van der Waals surface area contributed by atoms with Crippen molar-refractivity contribution in [2.24, 2.45) is 0 Å². The first-order chi connectivity index (χ1) is 38.2. The molecule has 0 aromatic heterocycles. The van der Waals surface area contributed by atoms with E-state index < -0.39 is 44.1 Å². The summed E-state index contributed by atoms with van der Waals surface area (Å²) in [4.78, 5) is 46.7. The monoisotopic (exact) mass is 1260 g/mol. The lowest BCUT2D eigenvalue weighted by molar-refractivity contribution is 0.0230. The SMILES string of the molecule is CC(C)(C)OC(=O)N1CCN(c2ccc(O)cc2F)CC1.CC(C)(C)OC(=O)N1CCN(c2ccc(OCCS(C)(=O)=O)cc2F)CC1.CSCCOc1ccc(N2CCN(C(=O)OC(C)(C)C)CC2)c(F)c1.Oc1ccc(Br)c(F)c1. The summed E-state index contributed by atoms with van der Waals surface area (Å²) in [6, 6.07) is 17.4. The van der Waals surface area contributed by atoms with E-state index in [9.17, 15) is 45.5 Å². The Labute approximate surface area is 492 Å². The first-order valence-electron chi connectivity index (χ1n) is 26.5. The van der Waals surface area contributed by atoms with Gasteiger partial charge >= 0.3 is 18.3 Å². The van der Waals surface area contributed by atoms with E-state index in [2.05, 4.69) is 15.9 Å². The number of ether oxygens (including phenoxy) is 5. The number of phenolic OH excluding ortho intramolecular Hbond substituents is 2. The van der Waals surface area contributed by atoms with Gasteiger partial charge in [0.15, 0.2) is 9.84 Å². The Morgan fingerprint density at radius 3 is 1.12 bits per heavy atom. The largest absolute Gasteiger partial charge is 0.508 e. The van der Waals surface area contributed by atoms with Crippen LogP contribution in [-0.2, 0) is 24.0 Å². The highest BCUT2D eigenvalue weighted by atomic mass is 79.9. The van der Waals surface area contributed by atoms with Crippen LogP contribution in [0.4, 0.5) is 49.0 Å². The van der Waals surface area contributed by atoms with E-state index in [0.29, 0.717) is 112 Å². The molecule has 2 N–H and O–H groups in total. The van der Waals surface area contributed by atoms with Gasteiger partial charge in [-0.15, -0.1) is 0 Å². The number of piperazine rings is 3. The van der Waals surface area contributed by atoms with Crippen molar-refractivity contribution < 1.29 is 74.3 Å². The smallest absolute Gasteiger partial charge is 0.410 e. The number of amides is 3. The van der Waals surface area contributed by atoms with Crippen LogP contribution in [0.1, 0.15) is 62.3 Å². The minimum atomic E-state index is -3.12. The third-order valence-electron chi connectivity index (χ3n) is 11.8. The predicted octanol–water partition coefficient (Wildman–Crippen LogP) is 10.8. The number of hydrogen-bond donors (Lipinski definition) is 2. The first kappa shape index (κ1) is 68.3. The lowest BCUT2D eigenvalue weighted by atomic mass is 10.2. The zero-order valence-electron chi connectivity index (χ0n) is 48.6. The Hall–Kier alpha value is -6.21. The van der Waals surface area contributed by atoms with Crippen molar-refractivity contribution in [2.75, 3.05) is 130 Å².